The Balaban J connectivity index is 0.000000245. The summed E-state index contributed by atoms with van der Waals surface area (Å²) in [5, 5.41) is 8.21. The Kier molecular flexibility index (Phi) is 6.26. The maximum Gasteiger partial charge on any atom is 0.223 e. The lowest BCUT2D eigenvalue weighted by Gasteiger charge is -2.02. The third-order valence-electron chi connectivity index (χ3n) is 5.03. The van der Waals surface area contributed by atoms with Crippen molar-refractivity contribution in [2.24, 2.45) is 0 Å². The van der Waals surface area contributed by atoms with E-state index in [4.69, 9.17) is 10.5 Å². The minimum absolute atomic E-state index is 0.225. The Morgan fingerprint density at radius 2 is 1.87 bits per heavy atom. The van der Waals surface area contributed by atoms with E-state index >= 15 is 0 Å². The Morgan fingerprint density at radius 1 is 1.06 bits per heavy atom. The summed E-state index contributed by atoms with van der Waals surface area (Å²) in [6.07, 6.45) is 4.18. The number of hydrogen-bond acceptors (Lipinski definition) is 6. The van der Waals surface area contributed by atoms with Crippen LogP contribution in [0.3, 0.4) is 0 Å². The van der Waals surface area contributed by atoms with Gasteiger partial charge in [0.05, 0.1) is 12.1 Å². The van der Waals surface area contributed by atoms with Gasteiger partial charge in [-0.15, -0.1) is 5.10 Å². The van der Waals surface area contributed by atoms with Gasteiger partial charge in [-0.25, -0.2) is 9.97 Å². The minimum atomic E-state index is 0.225. The van der Waals surface area contributed by atoms with Crippen molar-refractivity contribution in [2.75, 3.05) is 18.9 Å². The number of nitrogens with two attached hydrogens (primary N) is 1. The summed E-state index contributed by atoms with van der Waals surface area (Å²) in [4.78, 5) is 19.6. The Hall–Kier alpha value is -3.68. The molecule has 2 aromatic carbocycles. The standard InChI is InChI=1S/C17H15N5O.C6H11NO/c1-2-23-12-9-7-11(8-10-12)15-20-16-13-5-3-4-6-14(13)19-17(18)22(16)21-15;8-6-4-2-1-3-5-7-6/h3-10H,2H2,1H3,(H2,18,19);1-5H2,(H,7,8). The van der Waals surface area contributed by atoms with Gasteiger partial charge in [0.2, 0.25) is 11.9 Å². The lowest BCUT2D eigenvalue weighted by atomic mass is 10.2. The molecule has 0 saturated carbocycles. The van der Waals surface area contributed by atoms with Crippen LogP contribution in [0.15, 0.2) is 48.5 Å². The van der Waals surface area contributed by atoms with E-state index in [1.807, 2.05) is 55.5 Å². The van der Waals surface area contributed by atoms with E-state index < -0.39 is 0 Å². The average molecular weight is 419 g/mol. The van der Waals surface area contributed by atoms with Crippen LogP contribution in [0.2, 0.25) is 0 Å². The largest absolute Gasteiger partial charge is 0.494 e. The van der Waals surface area contributed by atoms with Gasteiger partial charge >= 0.3 is 0 Å². The normalized spacial score (nSPS) is 13.9. The lowest BCUT2D eigenvalue weighted by molar-refractivity contribution is -0.120. The number of carbonyl (C=O) groups excluding carboxylic acids is 1. The summed E-state index contributed by atoms with van der Waals surface area (Å²) >= 11 is 0. The van der Waals surface area contributed by atoms with E-state index in [9.17, 15) is 4.79 Å². The minimum Gasteiger partial charge on any atom is -0.494 e. The third kappa shape index (κ3) is 4.74. The van der Waals surface area contributed by atoms with Crippen LogP contribution >= 0.6 is 0 Å². The number of amides is 1. The van der Waals surface area contributed by atoms with Crippen LogP contribution in [-0.4, -0.2) is 38.6 Å². The number of nitrogens with zero attached hydrogens (tertiary/aromatic N) is 4. The van der Waals surface area contributed by atoms with E-state index in [-0.39, 0.29) is 5.91 Å². The van der Waals surface area contributed by atoms with Gasteiger partial charge < -0.3 is 15.8 Å². The molecule has 1 aliphatic rings. The molecule has 0 unspecified atom stereocenters. The predicted molar refractivity (Wildman–Crippen MR) is 121 cm³/mol. The lowest BCUT2D eigenvalue weighted by Crippen LogP contribution is -2.21. The van der Waals surface area contributed by atoms with E-state index in [1.165, 1.54) is 6.42 Å². The molecule has 5 rings (SSSR count). The molecule has 0 radical (unpaired) electrons. The second kappa shape index (κ2) is 9.42. The maximum atomic E-state index is 10.6. The first-order valence-corrected chi connectivity index (χ1v) is 10.6. The van der Waals surface area contributed by atoms with Crippen LogP contribution in [0.5, 0.6) is 5.75 Å². The highest BCUT2D eigenvalue weighted by Crippen LogP contribution is 2.24. The number of nitrogens with one attached hydrogen (secondary N) is 1. The molecule has 0 bridgehead atoms. The summed E-state index contributed by atoms with van der Waals surface area (Å²) < 4.78 is 7.03. The number of fused-ring (bicyclic) bond motifs is 3. The molecule has 0 spiro atoms. The van der Waals surface area contributed by atoms with Crippen molar-refractivity contribution < 1.29 is 9.53 Å². The summed E-state index contributed by atoms with van der Waals surface area (Å²) in [5.41, 5.74) is 8.42. The molecule has 0 aliphatic carbocycles. The van der Waals surface area contributed by atoms with Crippen molar-refractivity contribution in [3.8, 4) is 17.1 Å². The number of aromatic nitrogens is 4. The Morgan fingerprint density at radius 3 is 2.68 bits per heavy atom. The summed E-state index contributed by atoms with van der Waals surface area (Å²) in [5.74, 6) is 1.98. The fourth-order valence-electron chi connectivity index (χ4n) is 3.47. The fourth-order valence-corrected chi connectivity index (χ4v) is 3.47. The predicted octanol–water partition coefficient (Wildman–Crippen LogP) is 3.60. The second-order valence-corrected chi connectivity index (χ2v) is 7.28. The smallest absolute Gasteiger partial charge is 0.223 e. The van der Waals surface area contributed by atoms with Gasteiger partial charge in [-0.05, 0) is 56.2 Å². The first kappa shape index (κ1) is 20.6. The quantitative estimate of drug-likeness (QED) is 0.526. The zero-order valence-corrected chi connectivity index (χ0v) is 17.5. The molecule has 2 aromatic heterocycles. The van der Waals surface area contributed by atoms with Gasteiger partial charge in [-0.1, -0.05) is 18.6 Å². The van der Waals surface area contributed by atoms with Crippen LogP contribution in [0, 0.1) is 0 Å². The number of rotatable bonds is 3. The second-order valence-electron chi connectivity index (χ2n) is 7.28. The number of para-hydroxylation sites is 1. The molecule has 31 heavy (non-hydrogen) atoms. The molecular formula is C23H26N6O2. The summed E-state index contributed by atoms with van der Waals surface area (Å²) in [7, 11) is 0. The molecule has 1 aliphatic heterocycles. The van der Waals surface area contributed by atoms with E-state index in [0.717, 1.165) is 48.0 Å². The number of anilines is 1. The number of benzene rings is 2. The van der Waals surface area contributed by atoms with Crippen molar-refractivity contribution in [3.05, 3.63) is 48.5 Å². The molecule has 0 atom stereocenters. The maximum absolute atomic E-state index is 10.6. The van der Waals surface area contributed by atoms with Gasteiger partial charge in [0, 0.05) is 23.9 Å². The molecule has 3 N–H and O–H groups in total. The molecule has 1 saturated heterocycles. The molecule has 3 heterocycles. The fraction of sp³-hybridized carbons (Fsp3) is 0.304. The van der Waals surface area contributed by atoms with Crippen LogP contribution in [0.1, 0.15) is 32.6 Å². The number of ether oxygens (including phenoxy) is 1. The first-order valence-electron chi connectivity index (χ1n) is 10.6. The van der Waals surface area contributed by atoms with Gasteiger partial charge in [0.15, 0.2) is 11.5 Å². The number of hydrogen-bond donors (Lipinski definition) is 2. The van der Waals surface area contributed by atoms with Crippen molar-refractivity contribution in [2.45, 2.75) is 32.6 Å². The van der Waals surface area contributed by atoms with Gasteiger partial charge in [-0.2, -0.15) is 4.52 Å². The molecule has 1 amide bonds. The average Bonchev–Trinajstić information content (AvgIpc) is 3.11. The van der Waals surface area contributed by atoms with Crippen LogP contribution in [0.4, 0.5) is 5.95 Å². The monoisotopic (exact) mass is 418 g/mol. The Labute approximate surface area is 180 Å². The van der Waals surface area contributed by atoms with Crippen molar-refractivity contribution in [1.29, 1.82) is 0 Å². The SMILES string of the molecule is CCOc1ccc(-c2nc3c4ccccc4nc(N)n3n2)cc1.O=C1CCCCCN1. The molecule has 8 heteroatoms. The van der Waals surface area contributed by atoms with Crippen molar-refractivity contribution in [1.82, 2.24) is 24.9 Å². The highest BCUT2D eigenvalue weighted by atomic mass is 16.5. The topological polar surface area (TPSA) is 107 Å². The number of carbonyl (C=O) groups is 1. The summed E-state index contributed by atoms with van der Waals surface area (Å²) in [6.45, 7) is 3.48. The highest BCUT2D eigenvalue weighted by Gasteiger charge is 2.12. The van der Waals surface area contributed by atoms with E-state index in [2.05, 4.69) is 20.4 Å². The third-order valence-corrected chi connectivity index (χ3v) is 5.03. The van der Waals surface area contributed by atoms with Crippen LogP contribution < -0.4 is 15.8 Å². The zero-order chi connectivity index (χ0) is 21.6. The van der Waals surface area contributed by atoms with Crippen LogP contribution in [-0.2, 0) is 4.79 Å². The van der Waals surface area contributed by atoms with E-state index in [0.29, 0.717) is 24.0 Å². The van der Waals surface area contributed by atoms with Crippen molar-refractivity contribution >= 4 is 28.4 Å². The molecule has 4 aromatic rings. The van der Waals surface area contributed by atoms with Crippen molar-refractivity contribution in [3.63, 3.8) is 0 Å². The van der Waals surface area contributed by atoms with E-state index in [1.54, 1.807) is 4.52 Å². The zero-order valence-electron chi connectivity index (χ0n) is 17.5. The van der Waals surface area contributed by atoms with Gasteiger partial charge in [-0.3, -0.25) is 4.79 Å². The van der Waals surface area contributed by atoms with Crippen LogP contribution in [0.25, 0.3) is 27.9 Å². The Bertz CT molecular complexity index is 1180. The molecule has 1 fully saturated rings. The highest BCUT2D eigenvalue weighted by molar-refractivity contribution is 5.92. The number of nitrogen functional groups attached to an aromatic ring is 1. The van der Waals surface area contributed by atoms with Gasteiger partial charge in [0.25, 0.3) is 0 Å². The molecular weight excluding hydrogens is 392 g/mol. The molecule has 160 valence electrons. The first-order chi connectivity index (χ1) is 15.2. The summed E-state index contributed by atoms with van der Waals surface area (Å²) in [6, 6.07) is 15.4. The molecule has 8 nitrogen and oxygen atoms in total. The van der Waals surface area contributed by atoms with Gasteiger partial charge in [0.1, 0.15) is 5.75 Å².